The van der Waals surface area contributed by atoms with Gasteiger partial charge in [0.05, 0.1) is 12.8 Å². The van der Waals surface area contributed by atoms with Gasteiger partial charge in [-0.15, -0.1) is 0 Å². The van der Waals surface area contributed by atoms with Gasteiger partial charge in [0.1, 0.15) is 5.56 Å². The van der Waals surface area contributed by atoms with Crippen LogP contribution in [0.2, 0.25) is 5.02 Å². The normalized spacial score (nSPS) is 13.9. The van der Waals surface area contributed by atoms with Crippen LogP contribution >= 0.6 is 11.6 Å². The fourth-order valence-corrected chi connectivity index (χ4v) is 3.86. The Balaban J connectivity index is 1.87. The van der Waals surface area contributed by atoms with Gasteiger partial charge in [0.25, 0.3) is 5.91 Å². The molecule has 148 valence electrons. The average molecular weight is 407 g/mol. The molecular weight excluding hydrogens is 384 g/mol. The number of rotatable bonds is 4. The van der Waals surface area contributed by atoms with Gasteiger partial charge >= 0.3 is 0 Å². The Labute approximate surface area is 176 Å². The fraction of sp³-hybridized carbons (Fsp3) is 0.250. The van der Waals surface area contributed by atoms with Crippen molar-refractivity contribution in [2.75, 3.05) is 20.2 Å². The lowest BCUT2D eigenvalue weighted by atomic mass is 9.97. The van der Waals surface area contributed by atoms with Gasteiger partial charge in [0.2, 0.25) is 5.88 Å². The monoisotopic (exact) mass is 406 g/mol. The molecule has 0 spiro atoms. The molecule has 1 fully saturated rings. The number of hydrogen-bond acceptors (Lipinski definition) is 3. The molecule has 1 aliphatic heterocycles. The maximum atomic E-state index is 13.2. The van der Waals surface area contributed by atoms with Crippen LogP contribution in [0, 0.1) is 0 Å². The molecule has 0 bridgehead atoms. The minimum Gasteiger partial charge on any atom is -0.480 e. The number of benzene rings is 2. The zero-order valence-corrected chi connectivity index (χ0v) is 17.2. The Kier molecular flexibility index (Phi) is 5.81. The summed E-state index contributed by atoms with van der Waals surface area (Å²) in [6, 6.07) is 19.5. The number of nitrogens with zero attached hydrogens (tertiary/aromatic N) is 2. The van der Waals surface area contributed by atoms with Crippen molar-refractivity contribution in [3.63, 3.8) is 0 Å². The molecule has 0 N–H and O–H groups in total. The van der Waals surface area contributed by atoms with Crippen LogP contribution in [0.15, 0.2) is 60.7 Å². The van der Waals surface area contributed by atoms with Crippen LogP contribution in [0.3, 0.4) is 0 Å². The van der Waals surface area contributed by atoms with Gasteiger partial charge < -0.3 is 9.64 Å². The molecule has 1 aliphatic rings. The lowest BCUT2D eigenvalue weighted by molar-refractivity contribution is 0.0720. The summed E-state index contributed by atoms with van der Waals surface area (Å²) in [7, 11) is 1.56. The van der Waals surface area contributed by atoms with Crippen molar-refractivity contribution in [3.8, 4) is 28.3 Å². The molecular formula is C24H23ClN2O2. The van der Waals surface area contributed by atoms with E-state index < -0.39 is 0 Å². The first-order chi connectivity index (χ1) is 14.2. The summed E-state index contributed by atoms with van der Waals surface area (Å²) in [5, 5.41) is 0.666. The summed E-state index contributed by atoms with van der Waals surface area (Å²) >= 11 is 6.07. The van der Waals surface area contributed by atoms with Crippen LogP contribution in [0.5, 0.6) is 5.88 Å². The second-order valence-electron chi connectivity index (χ2n) is 7.17. The number of aromatic nitrogens is 1. The van der Waals surface area contributed by atoms with E-state index in [9.17, 15) is 4.79 Å². The molecule has 1 aromatic heterocycles. The molecule has 2 aromatic carbocycles. The Morgan fingerprint density at radius 1 is 0.966 bits per heavy atom. The van der Waals surface area contributed by atoms with Gasteiger partial charge in [-0.1, -0.05) is 54.1 Å². The number of carbonyl (C=O) groups is 1. The highest BCUT2D eigenvalue weighted by Crippen LogP contribution is 2.35. The van der Waals surface area contributed by atoms with Crippen molar-refractivity contribution in [1.29, 1.82) is 0 Å². The van der Waals surface area contributed by atoms with Gasteiger partial charge in [0, 0.05) is 29.2 Å². The number of hydrogen-bond donors (Lipinski definition) is 0. The third kappa shape index (κ3) is 4.13. The molecule has 0 radical (unpaired) electrons. The second-order valence-corrected chi connectivity index (χ2v) is 7.60. The van der Waals surface area contributed by atoms with Gasteiger partial charge in [-0.25, -0.2) is 4.98 Å². The minimum atomic E-state index is -0.0195. The molecule has 5 heteroatoms. The molecule has 0 unspecified atom stereocenters. The van der Waals surface area contributed by atoms with Crippen LogP contribution in [0.4, 0.5) is 0 Å². The zero-order chi connectivity index (χ0) is 20.2. The smallest absolute Gasteiger partial charge is 0.259 e. The third-order valence-electron chi connectivity index (χ3n) is 5.26. The van der Waals surface area contributed by atoms with Crippen LogP contribution < -0.4 is 4.74 Å². The van der Waals surface area contributed by atoms with E-state index in [1.54, 1.807) is 7.11 Å². The van der Waals surface area contributed by atoms with Crippen LogP contribution in [-0.2, 0) is 0 Å². The number of carbonyl (C=O) groups excluding carboxylic acids is 1. The van der Waals surface area contributed by atoms with Crippen molar-refractivity contribution < 1.29 is 9.53 Å². The van der Waals surface area contributed by atoms with E-state index in [-0.39, 0.29) is 5.91 Å². The Morgan fingerprint density at radius 3 is 2.31 bits per heavy atom. The Morgan fingerprint density at radius 2 is 1.66 bits per heavy atom. The first kappa shape index (κ1) is 19.5. The summed E-state index contributed by atoms with van der Waals surface area (Å²) in [6.45, 7) is 1.56. The van der Waals surface area contributed by atoms with Crippen molar-refractivity contribution >= 4 is 17.5 Å². The van der Waals surface area contributed by atoms with E-state index >= 15 is 0 Å². The van der Waals surface area contributed by atoms with Crippen LogP contribution in [0.25, 0.3) is 22.4 Å². The first-order valence-electron chi connectivity index (χ1n) is 9.87. The number of likely N-dealkylation sites (tertiary alicyclic amines) is 1. The lowest BCUT2D eigenvalue weighted by Gasteiger charge is -2.27. The highest BCUT2D eigenvalue weighted by molar-refractivity contribution is 6.30. The summed E-state index contributed by atoms with van der Waals surface area (Å²) in [5.74, 6) is 0.332. The second kappa shape index (κ2) is 8.66. The van der Waals surface area contributed by atoms with Gasteiger partial charge in [-0.3, -0.25) is 4.79 Å². The van der Waals surface area contributed by atoms with E-state index in [1.807, 2.05) is 65.6 Å². The first-order valence-corrected chi connectivity index (χ1v) is 10.2. The third-order valence-corrected chi connectivity index (χ3v) is 5.51. The number of amides is 1. The predicted octanol–water partition coefficient (Wildman–Crippen LogP) is 5.70. The summed E-state index contributed by atoms with van der Waals surface area (Å²) in [4.78, 5) is 19.9. The molecule has 0 saturated carbocycles. The molecule has 4 nitrogen and oxygen atoms in total. The van der Waals surface area contributed by atoms with Gasteiger partial charge in [-0.05, 0) is 43.0 Å². The highest BCUT2D eigenvalue weighted by atomic mass is 35.5. The molecule has 2 heterocycles. The number of methoxy groups -OCH3 is 1. The fourth-order valence-electron chi connectivity index (χ4n) is 3.74. The summed E-state index contributed by atoms with van der Waals surface area (Å²) in [6.07, 6.45) is 3.25. The van der Waals surface area contributed by atoms with E-state index in [4.69, 9.17) is 21.3 Å². The topological polar surface area (TPSA) is 42.4 Å². The largest absolute Gasteiger partial charge is 0.480 e. The van der Waals surface area contributed by atoms with Crippen LogP contribution in [0.1, 0.15) is 29.6 Å². The molecule has 0 atom stereocenters. The zero-order valence-electron chi connectivity index (χ0n) is 16.4. The maximum Gasteiger partial charge on any atom is 0.259 e. The number of piperidine rings is 1. The quantitative estimate of drug-likeness (QED) is 0.557. The maximum absolute atomic E-state index is 13.2. The van der Waals surface area contributed by atoms with E-state index in [2.05, 4.69) is 0 Å². The molecule has 3 aromatic rings. The minimum absolute atomic E-state index is 0.0195. The number of pyridine rings is 1. The number of halogens is 1. The molecule has 0 aliphatic carbocycles. The summed E-state index contributed by atoms with van der Waals surface area (Å²) in [5.41, 5.74) is 4.09. The van der Waals surface area contributed by atoms with Crippen molar-refractivity contribution in [1.82, 2.24) is 9.88 Å². The van der Waals surface area contributed by atoms with E-state index in [0.29, 0.717) is 16.5 Å². The highest BCUT2D eigenvalue weighted by Gasteiger charge is 2.25. The average Bonchev–Trinajstić information content (AvgIpc) is 2.79. The predicted molar refractivity (Wildman–Crippen MR) is 116 cm³/mol. The molecule has 29 heavy (non-hydrogen) atoms. The standard InChI is InChI=1S/C24H23ClN2O2/c1-29-23-21(24(28)27-14-6-3-7-15-27)16-20(17-8-4-2-5-9-17)22(26-23)18-10-12-19(25)13-11-18/h2,4-5,8-13,16H,3,6-7,14-15H2,1H3. The summed E-state index contributed by atoms with van der Waals surface area (Å²) < 4.78 is 5.55. The Bertz CT molecular complexity index is 997. The molecule has 4 rings (SSSR count). The SMILES string of the molecule is COc1nc(-c2ccc(Cl)cc2)c(-c2ccccc2)cc1C(=O)N1CCCCC1. The van der Waals surface area contributed by atoms with Gasteiger partial charge in [-0.2, -0.15) is 0 Å². The lowest BCUT2D eigenvalue weighted by Crippen LogP contribution is -2.36. The van der Waals surface area contributed by atoms with Gasteiger partial charge in [0.15, 0.2) is 0 Å². The van der Waals surface area contributed by atoms with E-state index in [1.165, 1.54) is 6.42 Å². The van der Waals surface area contributed by atoms with Crippen molar-refractivity contribution in [3.05, 3.63) is 71.2 Å². The molecule has 1 amide bonds. The van der Waals surface area contributed by atoms with E-state index in [0.717, 1.165) is 48.3 Å². The van der Waals surface area contributed by atoms with Crippen molar-refractivity contribution in [2.45, 2.75) is 19.3 Å². The molecule has 1 saturated heterocycles. The number of ether oxygens (including phenoxy) is 1. The Hall–Kier alpha value is -2.85. The van der Waals surface area contributed by atoms with Crippen molar-refractivity contribution in [2.24, 2.45) is 0 Å². The van der Waals surface area contributed by atoms with Crippen LogP contribution in [-0.4, -0.2) is 36.0 Å².